The van der Waals surface area contributed by atoms with Crippen LogP contribution < -0.4 is 4.90 Å². The van der Waals surface area contributed by atoms with Gasteiger partial charge < -0.3 is 4.90 Å². The van der Waals surface area contributed by atoms with Crippen LogP contribution in [0.15, 0.2) is 152 Å². The Hall–Kier alpha value is -4.88. The van der Waals surface area contributed by atoms with E-state index in [9.17, 15) is 0 Å². The fraction of sp³-hybridized carbons (Fsp3) is 0.200. The summed E-state index contributed by atoms with van der Waals surface area (Å²) in [7, 11) is 0. The molecule has 1 aliphatic heterocycles. The molecule has 2 aliphatic rings. The first-order chi connectivity index (χ1) is 22.3. The molecule has 1 nitrogen and oxygen atoms in total. The number of rotatable bonds is 4. The van der Waals surface area contributed by atoms with Gasteiger partial charge in [-0.1, -0.05) is 156 Å². The summed E-state index contributed by atoms with van der Waals surface area (Å²) in [4.78, 5) is 2.53. The van der Waals surface area contributed by atoms with Crippen LogP contribution in [0.5, 0.6) is 0 Å². The van der Waals surface area contributed by atoms with Crippen LogP contribution in [0.2, 0.25) is 0 Å². The Balaban J connectivity index is 1.48. The fourth-order valence-electron chi connectivity index (χ4n) is 8.74. The molecule has 1 heterocycles. The molecule has 0 saturated heterocycles. The zero-order valence-electron chi connectivity index (χ0n) is 27.5. The molecule has 226 valence electrons. The Morgan fingerprint density at radius 3 is 1.67 bits per heavy atom. The lowest BCUT2D eigenvalue weighted by molar-refractivity contribution is 0.0144. The summed E-state index contributed by atoms with van der Waals surface area (Å²) in [6.45, 7) is 12.5. The molecule has 0 spiro atoms. The molecule has 46 heavy (non-hydrogen) atoms. The molecule has 8 rings (SSSR count). The monoisotopic (exact) mass is 595 g/mol. The minimum absolute atomic E-state index is 0.00596. The summed E-state index contributed by atoms with van der Waals surface area (Å²) in [5, 5.41) is 0. The lowest BCUT2D eigenvalue weighted by atomic mass is 9.39. The first kappa shape index (κ1) is 28.6. The average molecular weight is 596 g/mol. The van der Waals surface area contributed by atoms with Crippen LogP contribution in [-0.4, -0.2) is 0 Å². The Labute approximate surface area is 274 Å². The molecule has 1 heteroatoms. The van der Waals surface area contributed by atoms with Gasteiger partial charge in [-0.25, -0.2) is 0 Å². The van der Waals surface area contributed by atoms with Crippen molar-refractivity contribution in [1.29, 1.82) is 0 Å². The van der Waals surface area contributed by atoms with Gasteiger partial charge in [0.05, 0.1) is 16.8 Å². The van der Waals surface area contributed by atoms with E-state index in [0.717, 1.165) is 0 Å². The molecular formula is C45H41N. The van der Waals surface area contributed by atoms with Gasteiger partial charge in [0.2, 0.25) is 0 Å². The van der Waals surface area contributed by atoms with Crippen molar-refractivity contribution < 1.29 is 0 Å². The number of nitrogens with zero attached hydrogens (tertiary/aromatic N) is 1. The third-order valence-electron chi connectivity index (χ3n) is 12.0. The van der Waals surface area contributed by atoms with E-state index in [1.165, 1.54) is 61.6 Å². The van der Waals surface area contributed by atoms with Gasteiger partial charge in [-0.3, -0.25) is 0 Å². The van der Waals surface area contributed by atoms with Gasteiger partial charge in [0.25, 0.3) is 0 Å². The Morgan fingerprint density at radius 1 is 0.500 bits per heavy atom. The SMILES string of the molecule is CC1c2cccc3c2C(c2ccccc2)(c2cc(-c4ccccc4)ccc2N3c2ccc(-c3ccccc3)cc2)C(C)(C)C1(C)C. The second kappa shape index (κ2) is 10.3. The Morgan fingerprint density at radius 2 is 1.04 bits per heavy atom. The number of hydrogen-bond acceptors (Lipinski definition) is 1. The largest absolute Gasteiger partial charge is 0.310 e. The third-order valence-corrected chi connectivity index (χ3v) is 12.0. The van der Waals surface area contributed by atoms with Crippen LogP contribution in [0.25, 0.3) is 22.3 Å². The van der Waals surface area contributed by atoms with Crippen LogP contribution in [-0.2, 0) is 5.41 Å². The van der Waals surface area contributed by atoms with Gasteiger partial charge in [0.1, 0.15) is 0 Å². The molecule has 6 aromatic rings. The zero-order valence-corrected chi connectivity index (χ0v) is 27.5. The van der Waals surface area contributed by atoms with Gasteiger partial charge in [-0.05, 0) is 91.6 Å². The highest BCUT2D eigenvalue weighted by Gasteiger charge is 2.64. The molecule has 0 aromatic heterocycles. The lowest BCUT2D eigenvalue weighted by Gasteiger charge is -2.65. The molecule has 0 fully saturated rings. The first-order valence-corrected chi connectivity index (χ1v) is 16.6. The second-order valence-electron chi connectivity index (χ2n) is 14.3. The highest BCUT2D eigenvalue weighted by molar-refractivity contribution is 5.91. The van der Waals surface area contributed by atoms with Gasteiger partial charge in [-0.15, -0.1) is 0 Å². The maximum atomic E-state index is 2.53. The zero-order chi connectivity index (χ0) is 31.7. The summed E-state index contributed by atoms with van der Waals surface area (Å²) in [6, 6.07) is 56.3. The van der Waals surface area contributed by atoms with Crippen LogP contribution >= 0.6 is 0 Å². The summed E-state index contributed by atoms with van der Waals surface area (Å²) in [6.07, 6.45) is 0. The molecular weight excluding hydrogens is 555 g/mol. The van der Waals surface area contributed by atoms with E-state index in [2.05, 4.69) is 191 Å². The average Bonchev–Trinajstić information content (AvgIpc) is 3.10. The smallest absolute Gasteiger partial charge is 0.0551 e. The molecule has 0 radical (unpaired) electrons. The fourth-order valence-corrected chi connectivity index (χ4v) is 8.74. The van der Waals surface area contributed by atoms with E-state index in [1.807, 2.05) is 0 Å². The normalized spacial score (nSPS) is 20.5. The van der Waals surface area contributed by atoms with Crippen molar-refractivity contribution in [2.45, 2.75) is 46.0 Å². The van der Waals surface area contributed by atoms with Crippen molar-refractivity contribution in [1.82, 2.24) is 0 Å². The Bertz CT molecular complexity index is 2040. The standard InChI is InChI=1S/C45H41N/c1-31-38-22-15-23-41-42(38)45(36-20-13-8-14-21-36,44(4,5)43(31,2)3)39-30-35(33-18-11-7-12-19-33)26-29-40(39)46(41)37-27-24-34(25-28-37)32-16-9-6-10-17-32/h6-31H,1-5H3. The predicted molar refractivity (Wildman–Crippen MR) is 194 cm³/mol. The first-order valence-electron chi connectivity index (χ1n) is 16.6. The molecule has 0 amide bonds. The number of anilines is 3. The van der Waals surface area contributed by atoms with Crippen molar-refractivity contribution in [2.75, 3.05) is 4.90 Å². The summed E-state index contributed by atoms with van der Waals surface area (Å²) >= 11 is 0. The van der Waals surface area contributed by atoms with Crippen molar-refractivity contribution in [3.05, 3.63) is 174 Å². The lowest BCUT2D eigenvalue weighted by Crippen LogP contribution is -2.59. The minimum Gasteiger partial charge on any atom is -0.310 e. The highest BCUT2D eigenvalue weighted by atomic mass is 15.2. The van der Waals surface area contributed by atoms with Crippen LogP contribution in [0.4, 0.5) is 17.1 Å². The quantitative estimate of drug-likeness (QED) is 0.196. The molecule has 6 aromatic carbocycles. The summed E-state index contributed by atoms with van der Waals surface area (Å²) in [5.74, 6) is 0.371. The van der Waals surface area contributed by atoms with Gasteiger partial charge in [0.15, 0.2) is 0 Å². The van der Waals surface area contributed by atoms with Crippen LogP contribution in [0.1, 0.15) is 62.8 Å². The van der Waals surface area contributed by atoms with E-state index in [-0.39, 0.29) is 16.2 Å². The topological polar surface area (TPSA) is 3.24 Å². The third kappa shape index (κ3) is 3.81. The molecule has 0 N–H and O–H groups in total. The summed E-state index contributed by atoms with van der Waals surface area (Å²) < 4.78 is 0. The molecule has 0 saturated carbocycles. The van der Waals surface area contributed by atoms with E-state index in [0.29, 0.717) is 5.92 Å². The van der Waals surface area contributed by atoms with E-state index >= 15 is 0 Å². The molecule has 2 unspecified atom stereocenters. The van der Waals surface area contributed by atoms with Crippen molar-refractivity contribution in [2.24, 2.45) is 10.8 Å². The van der Waals surface area contributed by atoms with Crippen LogP contribution in [0, 0.1) is 10.8 Å². The van der Waals surface area contributed by atoms with Crippen LogP contribution in [0.3, 0.4) is 0 Å². The van der Waals surface area contributed by atoms with Crippen molar-refractivity contribution in [3.8, 4) is 22.3 Å². The summed E-state index contributed by atoms with van der Waals surface area (Å²) in [5.41, 5.74) is 13.8. The van der Waals surface area contributed by atoms with Crippen molar-refractivity contribution >= 4 is 17.1 Å². The number of hydrogen-bond donors (Lipinski definition) is 0. The molecule has 1 aliphatic carbocycles. The van der Waals surface area contributed by atoms with Gasteiger partial charge in [0, 0.05) is 5.69 Å². The second-order valence-corrected chi connectivity index (χ2v) is 14.3. The van der Waals surface area contributed by atoms with E-state index < -0.39 is 0 Å². The minimum atomic E-state index is -0.378. The maximum Gasteiger partial charge on any atom is 0.0551 e. The van der Waals surface area contributed by atoms with Gasteiger partial charge in [-0.2, -0.15) is 0 Å². The van der Waals surface area contributed by atoms with Crippen molar-refractivity contribution in [3.63, 3.8) is 0 Å². The van der Waals surface area contributed by atoms with E-state index in [1.54, 1.807) is 0 Å². The molecule has 0 bridgehead atoms. The van der Waals surface area contributed by atoms with E-state index in [4.69, 9.17) is 0 Å². The van der Waals surface area contributed by atoms with Gasteiger partial charge >= 0.3 is 0 Å². The highest BCUT2D eigenvalue weighted by Crippen LogP contribution is 2.72. The number of benzene rings is 6. The molecule has 2 atom stereocenters. The maximum absolute atomic E-state index is 2.53. The number of fused-ring (bicyclic) bond motifs is 2. The Kier molecular flexibility index (Phi) is 6.41. The predicted octanol–water partition coefficient (Wildman–Crippen LogP) is 12.3.